The maximum atomic E-state index is 15.1. The summed E-state index contributed by atoms with van der Waals surface area (Å²) in [6.45, 7) is 4.09. The van der Waals surface area contributed by atoms with E-state index in [1.807, 2.05) is 42.5 Å². The maximum Gasteiger partial charge on any atom is 0.251 e. The number of nitrogens with zero attached hydrogens (tertiary/aromatic N) is 2. The fourth-order valence-electron chi connectivity index (χ4n) is 5.70. The number of amides is 1. The number of carbonyl (C=O) groups excluding carboxylic acids is 1. The van der Waals surface area contributed by atoms with Gasteiger partial charge in [0.05, 0.1) is 0 Å². The molecule has 4 aromatic rings. The van der Waals surface area contributed by atoms with Crippen molar-refractivity contribution in [3.63, 3.8) is 0 Å². The van der Waals surface area contributed by atoms with E-state index in [1.54, 1.807) is 0 Å². The predicted molar refractivity (Wildman–Crippen MR) is 138 cm³/mol. The van der Waals surface area contributed by atoms with Crippen molar-refractivity contribution < 1.29 is 13.9 Å². The van der Waals surface area contributed by atoms with Gasteiger partial charge in [-0.25, -0.2) is 4.98 Å². The SMILES string of the molecule is O=C1NCCc2cc3c(cc21)[nH]c1nc(F)c(-c2ccc(OC4CCN(CC5CC5)CC4)cc2)cc13. The Kier molecular flexibility index (Phi) is 5.20. The van der Waals surface area contributed by atoms with E-state index < -0.39 is 5.95 Å². The zero-order valence-corrected chi connectivity index (χ0v) is 20.1. The Labute approximate surface area is 208 Å². The van der Waals surface area contributed by atoms with E-state index >= 15 is 4.39 Å². The summed E-state index contributed by atoms with van der Waals surface area (Å²) < 4.78 is 21.3. The zero-order chi connectivity index (χ0) is 24.2. The summed E-state index contributed by atoms with van der Waals surface area (Å²) in [5.74, 6) is 1.17. The molecule has 36 heavy (non-hydrogen) atoms. The molecule has 2 aromatic carbocycles. The summed E-state index contributed by atoms with van der Waals surface area (Å²) in [7, 11) is 0. The third kappa shape index (κ3) is 4.01. The minimum Gasteiger partial charge on any atom is -0.490 e. The first-order chi connectivity index (χ1) is 17.6. The van der Waals surface area contributed by atoms with Gasteiger partial charge >= 0.3 is 0 Å². The molecule has 0 unspecified atom stereocenters. The number of ether oxygens (including phenoxy) is 1. The van der Waals surface area contributed by atoms with Gasteiger partial charge in [-0.1, -0.05) is 12.1 Å². The average Bonchev–Trinajstić information content (AvgIpc) is 3.64. The van der Waals surface area contributed by atoms with Crippen molar-refractivity contribution in [2.24, 2.45) is 5.92 Å². The lowest BCUT2D eigenvalue weighted by atomic mass is 9.97. The standard InChI is InChI=1S/C29H29FN4O2/c30-27-22(14-25-24-13-19-7-10-31-29(35)23(19)15-26(24)32-28(25)33-27)18-3-5-20(6-4-18)36-21-8-11-34(12-9-21)16-17-1-2-17/h3-6,13-15,17,21H,1-2,7-12,16H2,(H,31,35)(H,32,33). The fraction of sp³-hybridized carbons (Fsp3) is 0.379. The predicted octanol–water partition coefficient (Wildman–Crippen LogP) is 5.06. The summed E-state index contributed by atoms with van der Waals surface area (Å²) in [6, 6.07) is 13.4. The highest BCUT2D eigenvalue weighted by Crippen LogP contribution is 2.34. The van der Waals surface area contributed by atoms with Crippen molar-refractivity contribution in [1.29, 1.82) is 0 Å². The van der Waals surface area contributed by atoms with E-state index in [4.69, 9.17) is 4.74 Å². The second kappa shape index (κ2) is 8.59. The lowest BCUT2D eigenvalue weighted by molar-refractivity contribution is 0.0946. The molecule has 184 valence electrons. The van der Waals surface area contributed by atoms with Gasteiger partial charge in [-0.15, -0.1) is 0 Å². The molecule has 4 heterocycles. The molecule has 7 heteroatoms. The molecule has 0 bridgehead atoms. The van der Waals surface area contributed by atoms with Crippen LogP contribution in [0, 0.1) is 11.9 Å². The van der Waals surface area contributed by atoms with Crippen LogP contribution in [0.2, 0.25) is 0 Å². The Balaban J connectivity index is 1.13. The molecular weight excluding hydrogens is 455 g/mol. The van der Waals surface area contributed by atoms with Crippen LogP contribution < -0.4 is 10.1 Å². The van der Waals surface area contributed by atoms with Crippen LogP contribution in [0.1, 0.15) is 41.6 Å². The molecule has 7 rings (SSSR count). The van der Waals surface area contributed by atoms with Gasteiger partial charge in [0.15, 0.2) is 0 Å². The summed E-state index contributed by atoms with van der Waals surface area (Å²) in [4.78, 5) is 22.2. The summed E-state index contributed by atoms with van der Waals surface area (Å²) in [5, 5.41) is 4.69. The minimum absolute atomic E-state index is 0.0669. The van der Waals surface area contributed by atoms with Crippen molar-refractivity contribution in [3.05, 3.63) is 59.5 Å². The van der Waals surface area contributed by atoms with E-state index in [0.717, 1.165) is 71.4 Å². The number of rotatable bonds is 5. The number of hydrogen-bond acceptors (Lipinski definition) is 4. The lowest BCUT2D eigenvalue weighted by Crippen LogP contribution is -2.39. The molecule has 2 fully saturated rings. The van der Waals surface area contributed by atoms with Crippen molar-refractivity contribution >= 4 is 27.8 Å². The molecule has 6 nitrogen and oxygen atoms in total. The van der Waals surface area contributed by atoms with Crippen LogP contribution in [0.25, 0.3) is 33.1 Å². The number of aromatic nitrogens is 2. The number of hydrogen-bond donors (Lipinski definition) is 2. The molecule has 2 aromatic heterocycles. The molecular formula is C29H29FN4O2. The minimum atomic E-state index is -0.520. The van der Waals surface area contributed by atoms with Gasteiger partial charge in [-0.3, -0.25) is 4.79 Å². The number of aromatic amines is 1. The van der Waals surface area contributed by atoms with Gasteiger partial charge in [0.25, 0.3) is 5.91 Å². The van der Waals surface area contributed by atoms with Gasteiger partial charge in [-0.05, 0) is 79.5 Å². The van der Waals surface area contributed by atoms with Crippen LogP contribution in [-0.2, 0) is 6.42 Å². The van der Waals surface area contributed by atoms with E-state index in [2.05, 4.69) is 20.2 Å². The van der Waals surface area contributed by atoms with Crippen LogP contribution in [0.3, 0.4) is 0 Å². The lowest BCUT2D eigenvalue weighted by Gasteiger charge is -2.32. The Morgan fingerprint density at radius 2 is 1.81 bits per heavy atom. The number of likely N-dealkylation sites (tertiary alicyclic amines) is 1. The zero-order valence-electron chi connectivity index (χ0n) is 20.1. The second-order valence-electron chi connectivity index (χ2n) is 10.5. The Hall–Kier alpha value is -3.45. The summed E-state index contributed by atoms with van der Waals surface area (Å²) in [6.07, 6.45) is 5.91. The number of benzene rings is 2. The molecule has 2 aliphatic heterocycles. The van der Waals surface area contributed by atoms with Gasteiger partial charge in [0, 0.05) is 53.6 Å². The molecule has 1 aliphatic carbocycles. The quantitative estimate of drug-likeness (QED) is 0.389. The average molecular weight is 485 g/mol. The van der Waals surface area contributed by atoms with Gasteiger partial charge in [-0.2, -0.15) is 4.39 Å². The molecule has 1 amide bonds. The Morgan fingerprint density at radius 1 is 1.00 bits per heavy atom. The monoisotopic (exact) mass is 484 g/mol. The van der Waals surface area contributed by atoms with Gasteiger partial charge in [0.2, 0.25) is 5.95 Å². The smallest absolute Gasteiger partial charge is 0.251 e. The van der Waals surface area contributed by atoms with Crippen molar-refractivity contribution in [2.75, 3.05) is 26.2 Å². The Morgan fingerprint density at radius 3 is 2.58 bits per heavy atom. The first kappa shape index (κ1) is 21.8. The van der Waals surface area contributed by atoms with Crippen LogP contribution in [0.15, 0.2) is 42.5 Å². The molecule has 0 spiro atoms. The van der Waals surface area contributed by atoms with E-state index in [0.29, 0.717) is 23.3 Å². The fourth-order valence-corrected chi connectivity index (χ4v) is 5.70. The first-order valence-electron chi connectivity index (χ1n) is 13.0. The topological polar surface area (TPSA) is 70.2 Å². The highest BCUT2D eigenvalue weighted by molar-refractivity contribution is 6.10. The highest BCUT2D eigenvalue weighted by Gasteiger charge is 2.27. The molecule has 1 saturated heterocycles. The number of pyridine rings is 1. The van der Waals surface area contributed by atoms with Crippen LogP contribution in [0.5, 0.6) is 5.75 Å². The largest absolute Gasteiger partial charge is 0.490 e. The maximum absolute atomic E-state index is 15.1. The van der Waals surface area contributed by atoms with Crippen LogP contribution in [0.4, 0.5) is 4.39 Å². The normalized spacial score (nSPS) is 19.0. The van der Waals surface area contributed by atoms with Crippen molar-refractivity contribution in [1.82, 2.24) is 20.2 Å². The van der Waals surface area contributed by atoms with E-state index in [1.165, 1.54) is 19.4 Å². The Bertz CT molecular complexity index is 1470. The number of halogens is 1. The summed E-state index contributed by atoms with van der Waals surface area (Å²) >= 11 is 0. The number of piperidine rings is 1. The number of H-pyrrole nitrogens is 1. The number of carbonyl (C=O) groups is 1. The third-order valence-electron chi connectivity index (χ3n) is 7.90. The molecule has 0 radical (unpaired) electrons. The van der Waals surface area contributed by atoms with Gasteiger partial charge < -0.3 is 19.9 Å². The van der Waals surface area contributed by atoms with E-state index in [-0.39, 0.29) is 12.0 Å². The second-order valence-corrected chi connectivity index (χ2v) is 10.5. The molecule has 2 N–H and O–H groups in total. The number of nitrogens with one attached hydrogen (secondary N) is 2. The van der Waals surface area contributed by atoms with E-state index in [9.17, 15) is 4.79 Å². The van der Waals surface area contributed by atoms with Gasteiger partial charge in [0.1, 0.15) is 17.5 Å². The van der Waals surface area contributed by atoms with Crippen molar-refractivity contribution in [3.8, 4) is 16.9 Å². The third-order valence-corrected chi connectivity index (χ3v) is 7.90. The summed E-state index contributed by atoms with van der Waals surface area (Å²) in [5.41, 5.74) is 4.18. The van der Waals surface area contributed by atoms with Crippen LogP contribution >= 0.6 is 0 Å². The number of fused-ring (bicyclic) bond motifs is 4. The highest BCUT2D eigenvalue weighted by atomic mass is 19.1. The van der Waals surface area contributed by atoms with Crippen LogP contribution in [-0.4, -0.2) is 53.1 Å². The first-order valence-corrected chi connectivity index (χ1v) is 13.0. The molecule has 1 saturated carbocycles. The molecule has 0 atom stereocenters. The molecule has 3 aliphatic rings. The van der Waals surface area contributed by atoms with Crippen molar-refractivity contribution in [2.45, 2.75) is 38.2 Å².